The fourth-order valence-electron chi connectivity index (χ4n) is 2.77. The lowest BCUT2D eigenvalue weighted by Crippen LogP contribution is -2.38. The van der Waals surface area contributed by atoms with Crippen LogP contribution in [0.4, 0.5) is 5.69 Å². The second-order valence-corrected chi connectivity index (χ2v) is 7.79. The van der Waals surface area contributed by atoms with Gasteiger partial charge in [0, 0.05) is 20.6 Å². The molecular formula is C15H25N3O2S. The maximum Gasteiger partial charge on any atom is 0.244 e. The van der Waals surface area contributed by atoms with Gasteiger partial charge in [-0.25, -0.2) is 12.7 Å². The molecule has 1 aliphatic heterocycles. The molecule has 0 unspecified atom stereocenters. The van der Waals surface area contributed by atoms with Gasteiger partial charge in [-0.3, -0.25) is 0 Å². The molecule has 6 heteroatoms. The summed E-state index contributed by atoms with van der Waals surface area (Å²) >= 11 is 0. The van der Waals surface area contributed by atoms with Crippen LogP contribution >= 0.6 is 0 Å². The van der Waals surface area contributed by atoms with E-state index < -0.39 is 10.0 Å². The standard InChI is InChI=1S/C15H25N3O2S/c1-16-14-6-4-5-7-15(14)21(19,20)18(3)12-13-8-10-17(2)11-9-13/h4-7,13,16H,8-12H2,1-3H3. The molecule has 1 fully saturated rings. The average molecular weight is 311 g/mol. The number of nitrogens with zero attached hydrogens (tertiary/aromatic N) is 2. The number of anilines is 1. The van der Waals surface area contributed by atoms with Gasteiger partial charge in [-0.15, -0.1) is 0 Å². The first-order chi connectivity index (χ1) is 9.95. The van der Waals surface area contributed by atoms with Crippen molar-refractivity contribution in [3.63, 3.8) is 0 Å². The summed E-state index contributed by atoms with van der Waals surface area (Å²) in [6.45, 7) is 2.69. The second-order valence-electron chi connectivity index (χ2n) is 5.78. The van der Waals surface area contributed by atoms with Gasteiger partial charge in [-0.05, 0) is 51.0 Å². The number of rotatable bonds is 5. The predicted octanol–water partition coefficient (Wildman–Crippen LogP) is 1.69. The summed E-state index contributed by atoms with van der Waals surface area (Å²) < 4.78 is 26.9. The summed E-state index contributed by atoms with van der Waals surface area (Å²) in [5.74, 6) is 0.447. The number of sulfonamides is 1. The van der Waals surface area contributed by atoms with Crippen LogP contribution in [0.3, 0.4) is 0 Å². The molecular weight excluding hydrogens is 286 g/mol. The van der Waals surface area contributed by atoms with Gasteiger partial charge in [0.2, 0.25) is 10.0 Å². The molecule has 5 nitrogen and oxygen atoms in total. The van der Waals surface area contributed by atoms with Crippen LogP contribution in [0.25, 0.3) is 0 Å². The summed E-state index contributed by atoms with van der Waals surface area (Å²) in [5.41, 5.74) is 0.646. The highest BCUT2D eigenvalue weighted by atomic mass is 32.2. The molecule has 1 N–H and O–H groups in total. The number of para-hydroxylation sites is 1. The number of piperidine rings is 1. The highest BCUT2D eigenvalue weighted by Crippen LogP contribution is 2.25. The number of likely N-dealkylation sites (tertiary alicyclic amines) is 1. The smallest absolute Gasteiger partial charge is 0.244 e. The molecule has 118 valence electrons. The van der Waals surface area contributed by atoms with Gasteiger partial charge >= 0.3 is 0 Å². The van der Waals surface area contributed by atoms with Crippen LogP contribution in [0.1, 0.15) is 12.8 Å². The van der Waals surface area contributed by atoms with Gasteiger partial charge < -0.3 is 10.2 Å². The highest BCUT2D eigenvalue weighted by molar-refractivity contribution is 7.89. The van der Waals surface area contributed by atoms with Gasteiger partial charge in [0.25, 0.3) is 0 Å². The Labute approximate surface area is 128 Å². The Balaban J connectivity index is 2.11. The van der Waals surface area contributed by atoms with Crippen molar-refractivity contribution >= 4 is 15.7 Å². The Hall–Kier alpha value is -1.11. The van der Waals surface area contributed by atoms with Crippen LogP contribution < -0.4 is 5.32 Å². The first-order valence-electron chi connectivity index (χ1n) is 7.37. The third kappa shape index (κ3) is 3.75. The third-order valence-electron chi connectivity index (χ3n) is 4.20. The zero-order valence-corrected chi connectivity index (χ0v) is 13.9. The quantitative estimate of drug-likeness (QED) is 0.899. The van der Waals surface area contributed by atoms with E-state index in [0.29, 0.717) is 23.0 Å². The van der Waals surface area contributed by atoms with Crippen LogP contribution in [0, 0.1) is 5.92 Å². The molecule has 0 atom stereocenters. The molecule has 1 heterocycles. The van der Waals surface area contributed by atoms with Crippen molar-refractivity contribution in [1.29, 1.82) is 0 Å². The number of hydrogen-bond donors (Lipinski definition) is 1. The fraction of sp³-hybridized carbons (Fsp3) is 0.600. The van der Waals surface area contributed by atoms with E-state index in [-0.39, 0.29) is 0 Å². The van der Waals surface area contributed by atoms with Crippen molar-refractivity contribution < 1.29 is 8.42 Å². The molecule has 0 spiro atoms. The highest BCUT2D eigenvalue weighted by Gasteiger charge is 2.27. The van der Waals surface area contributed by atoms with E-state index in [2.05, 4.69) is 17.3 Å². The molecule has 0 radical (unpaired) electrons. The largest absolute Gasteiger partial charge is 0.387 e. The molecule has 0 bridgehead atoms. The van der Waals surface area contributed by atoms with E-state index in [1.165, 1.54) is 4.31 Å². The summed E-state index contributed by atoms with van der Waals surface area (Å²) in [6.07, 6.45) is 2.12. The minimum absolute atomic E-state index is 0.350. The molecule has 0 aromatic heterocycles. The van der Waals surface area contributed by atoms with Gasteiger partial charge in [0.1, 0.15) is 4.90 Å². The van der Waals surface area contributed by atoms with Crippen LogP contribution in [-0.4, -0.2) is 58.4 Å². The van der Waals surface area contributed by atoms with Crippen molar-refractivity contribution in [3.8, 4) is 0 Å². The van der Waals surface area contributed by atoms with E-state index in [9.17, 15) is 8.42 Å². The van der Waals surface area contributed by atoms with E-state index in [1.54, 1.807) is 32.3 Å². The van der Waals surface area contributed by atoms with E-state index in [4.69, 9.17) is 0 Å². The zero-order valence-electron chi connectivity index (χ0n) is 13.0. The molecule has 2 rings (SSSR count). The van der Waals surface area contributed by atoms with Gasteiger partial charge in [0.05, 0.1) is 5.69 Å². The molecule has 21 heavy (non-hydrogen) atoms. The lowest BCUT2D eigenvalue weighted by molar-refractivity contribution is 0.202. The minimum Gasteiger partial charge on any atom is -0.387 e. The lowest BCUT2D eigenvalue weighted by Gasteiger charge is -2.31. The Morgan fingerprint density at radius 2 is 1.90 bits per heavy atom. The fourth-order valence-corrected chi connectivity index (χ4v) is 4.21. The summed E-state index contributed by atoms with van der Waals surface area (Å²) in [6, 6.07) is 7.04. The van der Waals surface area contributed by atoms with Crippen molar-refractivity contribution in [2.24, 2.45) is 5.92 Å². The van der Waals surface area contributed by atoms with Gasteiger partial charge in [0.15, 0.2) is 0 Å². The first-order valence-corrected chi connectivity index (χ1v) is 8.81. The van der Waals surface area contributed by atoms with Crippen LogP contribution in [0.2, 0.25) is 0 Å². The molecule has 0 aliphatic carbocycles. The molecule has 0 amide bonds. The van der Waals surface area contributed by atoms with Crippen molar-refractivity contribution in [2.45, 2.75) is 17.7 Å². The van der Waals surface area contributed by atoms with E-state index >= 15 is 0 Å². The van der Waals surface area contributed by atoms with Gasteiger partial charge in [-0.2, -0.15) is 0 Å². The number of nitrogens with one attached hydrogen (secondary N) is 1. The Morgan fingerprint density at radius 1 is 1.29 bits per heavy atom. The normalized spacial score (nSPS) is 18.1. The predicted molar refractivity (Wildman–Crippen MR) is 86.0 cm³/mol. The third-order valence-corrected chi connectivity index (χ3v) is 6.08. The summed E-state index contributed by atoms with van der Waals surface area (Å²) in [5, 5.41) is 2.95. The maximum atomic E-state index is 12.7. The molecule has 1 aromatic carbocycles. The summed E-state index contributed by atoms with van der Waals surface area (Å²) in [7, 11) is 2.10. The Morgan fingerprint density at radius 3 is 2.52 bits per heavy atom. The van der Waals surface area contributed by atoms with Gasteiger partial charge in [-0.1, -0.05) is 12.1 Å². The number of hydrogen-bond acceptors (Lipinski definition) is 4. The van der Waals surface area contributed by atoms with Crippen LogP contribution in [0.15, 0.2) is 29.2 Å². The second kappa shape index (κ2) is 6.77. The Kier molecular flexibility index (Phi) is 5.24. The monoisotopic (exact) mass is 311 g/mol. The van der Waals surface area contributed by atoms with E-state index in [1.807, 2.05) is 6.07 Å². The molecule has 1 saturated heterocycles. The van der Waals surface area contributed by atoms with Crippen LogP contribution in [0.5, 0.6) is 0 Å². The first kappa shape index (κ1) is 16.3. The zero-order chi connectivity index (χ0) is 15.5. The lowest BCUT2D eigenvalue weighted by atomic mass is 9.97. The molecule has 1 aliphatic rings. The average Bonchev–Trinajstić information content (AvgIpc) is 2.49. The molecule has 1 aromatic rings. The molecule has 0 saturated carbocycles. The minimum atomic E-state index is -3.44. The maximum absolute atomic E-state index is 12.7. The van der Waals surface area contributed by atoms with Crippen molar-refractivity contribution in [2.75, 3.05) is 46.1 Å². The topological polar surface area (TPSA) is 52.7 Å². The van der Waals surface area contributed by atoms with Crippen molar-refractivity contribution in [3.05, 3.63) is 24.3 Å². The van der Waals surface area contributed by atoms with Crippen molar-refractivity contribution in [1.82, 2.24) is 9.21 Å². The van der Waals surface area contributed by atoms with Crippen LogP contribution in [-0.2, 0) is 10.0 Å². The number of benzene rings is 1. The summed E-state index contributed by atoms with van der Waals surface area (Å²) in [4.78, 5) is 2.64. The Bertz CT molecular complexity index is 566. The SMILES string of the molecule is CNc1ccccc1S(=O)(=O)N(C)CC1CCN(C)CC1. The van der Waals surface area contributed by atoms with E-state index in [0.717, 1.165) is 25.9 Å².